The van der Waals surface area contributed by atoms with Crippen molar-refractivity contribution in [1.29, 1.82) is 0 Å². The summed E-state index contributed by atoms with van der Waals surface area (Å²) in [4.78, 5) is 10.5. The Morgan fingerprint density at radius 2 is 2.22 bits per heavy atom. The van der Waals surface area contributed by atoms with Crippen molar-refractivity contribution in [3.8, 4) is 0 Å². The van der Waals surface area contributed by atoms with Crippen LogP contribution in [0.3, 0.4) is 0 Å². The molecule has 3 nitrogen and oxygen atoms in total. The van der Waals surface area contributed by atoms with Crippen LogP contribution in [-0.4, -0.2) is 31.7 Å². The highest BCUT2D eigenvalue weighted by Crippen LogP contribution is 2.27. The first-order chi connectivity index (χ1) is 8.30. The van der Waals surface area contributed by atoms with Gasteiger partial charge in [-0.05, 0) is 24.5 Å². The first-order valence-electron chi connectivity index (χ1n) is 6.79. The Labute approximate surface area is 111 Å². The van der Waals surface area contributed by atoms with Crippen LogP contribution in [0.1, 0.15) is 26.2 Å². The van der Waals surface area contributed by atoms with E-state index in [1.54, 1.807) is 0 Å². The molecule has 0 aromatic carbocycles. The lowest BCUT2D eigenvalue weighted by Gasteiger charge is -2.31. The zero-order chi connectivity index (χ0) is 13.8. The Kier molecular flexibility index (Phi) is 5.60. The van der Waals surface area contributed by atoms with Gasteiger partial charge in [0.1, 0.15) is 6.29 Å². The molecule has 104 valence electrons. The summed E-state index contributed by atoms with van der Waals surface area (Å²) in [6.07, 6.45) is 4.94. The van der Waals surface area contributed by atoms with Crippen molar-refractivity contribution in [2.24, 2.45) is 5.92 Å². The summed E-state index contributed by atoms with van der Waals surface area (Å²) in [7, 11) is -1.20. The zero-order valence-electron chi connectivity index (χ0n) is 12.0. The quantitative estimate of drug-likeness (QED) is 0.593. The molecule has 1 rings (SSSR count). The van der Waals surface area contributed by atoms with Gasteiger partial charge < -0.3 is 14.6 Å². The predicted octanol–water partition coefficient (Wildman–Crippen LogP) is 3.54. The first kappa shape index (κ1) is 15.4. The third-order valence-electron chi connectivity index (χ3n) is 3.16. The van der Waals surface area contributed by atoms with E-state index in [1.807, 2.05) is 6.08 Å². The molecule has 0 aromatic heterocycles. The molecular formula is C14H26O3Si. The lowest BCUT2D eigenvalue weighted by molar-refractivity contribution is -0.108. The van der Waals surface area contributed by atoms with E-state index in [9.17, 15) is 9.90 Å². The molecule has 4 heteroatoms. The Morgan fingerprint density at radius 1 is 1.56 bits per heavy atom. The minimum absolute atomic E-state index is 0.0545. The Hall–Kier alpha value is -0.613. The number of ether oxygens (including phenoxy) is 1. The maximum atomic E-state index is 10.5. The van der Waals surface area contributed by atoms with Crippen molar-refractivity contribution in [3.05, 3.63) is 11.8 Å². The fourth-order valence-electron chi connectivity index (χ4n) is 2.41. The third kappa shape index (κ3) is 5.82. The second-order valence-corrected chi connectivity index (χ2v) is 12.2. The minimum atomic E-state index is -1.20. The predicted molar refractivity (Wildman–Crippen MR) is 76.6 cm³/mol. The second-order valence-electron chi connectivity index (χ2n) is 6.67. The summed E-state index contributed by atoms with van der Waals surface area (Å²) in [5, 5.41) is 9.82. The van der Waals surface area contributed by atoms with E-state index in [-0.39, 0.29) is 12.2 Å². The molecule has 1 aliphatic rings. The molecule has 18 heavy (non-hydrogen) atoms. The van der Waals surface area contributed by atoms with Gasteiger partial charge in [-0.3, -0.25) is 0 Å². The van der Waals surface area contributed by atoms with E-state index in [0.29, 0.717) is 24.5 Å². The van der Waals surface area contributed by atoms with Gasteiger partial charge in [-0.1, -0.05) is 26.6 Å². The molecule has 1 heterocycles. The molecule has 0 bridgehead atoms. The molecular weight excluding hydrogens is 244 g/mol. The molecule has 0 fully saturated rings. The third-order valence-corrected chi connectivity index (χ3v) is 4.79. The summed E-state index contributed by atoms with van der Waals surface area (Å²) >= 11 is 0. The van der Waals surface area contributed by atoms with E-state index in [4.69, 9.17) is 4.74 Å². The highest BCUT2D eigenvalue weighted by atomic mass is 28.3. The van der Waals surface area contributed by atoms with Crippen LogP contribution >= 0.6 is 0 Å². The summed E-state index contributed by atoms with van der Waals surface area (Å²) in [6, 6.07) is 1.04. The SMILES string of the molecule is CC(CC=O)C[C@@H]1CC(O)=CC(C[Si](C)(C)C)O1. The maximum Gasteiger partial charge on any atom is 0.120 e. The van der Waals surface area contributed by atoms with Crippen LogP contribution in [0.15, 0.2) is 11.8 Å². The van der Waals surface area contributed by atoms with Crippen molar-refractivity contribution in [1.82, 2.24) is 0 Å². The maximum absolute atomic E-state index is 10.5. The number of rotatable bonds is 6. The molecule has 3 atom stereocenters. The van der Waals surface area contributed by atoms with E-state index in [1.165, 1.54) is 0 Å². The Morgan fingerprint density at radius 3 is 2.78 bits per heavy atom. The molecule has 1 aliphatic heterocycles. The normalized spacial score (nSPS) is 26.6. The number of aliphatic hydroxyl groups is 1. The van der Waals surface area contributed by atoms with E-state index < -0.39 is 8.07 Å². The van der Waals surface area contributed by atoms with Crippen molar-refractivity contribution in [2.75, 3.05) is 0 Å². The fourth-order valence-corrected chi connectivity index (χ4v) is 3.83. The van der Waals surface area contributed by atoms with Gasteiger partial charge in [0, 0.05) is 20.9 Å². The highest BCUT2D eigenvalue weighted by Gasteiger charge is 2.28. The molecule has 0 spiro atoms. The van der Waals surface area contributed by atoms with Gasteiger partial charge in [0.05, 0.1) is 18.0 Å². The zero-order valence-corrected chi connectivity index (χ0v) is 13.0. The number of hydrogen-bond donors (Lipinski definition) is 1. The van der Waals surface area contributed by atoms with E-state index in [0.717, 1.165) is 18.8 Å². The van der Waals surface area contributed by atoms with Crippen LogP contribution in [0.4, 0.5) is 0 Å². The molecule has 0 amide bonds. The van der Waals surface area contributed by atoms with Crippen molar-refractivity contribution < 1.29 is 14.6 Å². The summed E-state index contributed by atoms with van der Waals surface area (Å²) in [5.41, 5.74) is 0. The van der Waals surface area contributed by atoms with Gasteiger partial charge in [-0.15, -0.1) is 0 Å². The molecule has 0 saturated carbocycles. The number of aldehydes is 1. The van der Waals surface area contributed by atoms with Crippen LogP contribution in [0.2, 0.25) is 25.7 Å². The fraction of sp³-hybridized carbons (Fsp3) is 0.786. The van der Waals surface area contributed by atoms with Crippen LogP contribution < -0.4 is 0 Å². The average molecular weight is 270 g/mol. The van der Waals surface area contributed by atoms with Crippen molar-refractivity contribution in [2.45, 2.75) is 64.1 Å². The Balaban J connectivity index is 2.54. The second kappa shape index (κ2) is 6.52. The smallest absolute Gasteiger partial charge is 0.120 e. The van der Waals surface area contributed by atoms with E-state index >= 15 is 0 Å². The average Bonchev–Trinajstić information content (AvgIpc) is 2.13. The van der Waals surface area contributed by atoms with Crippen molar-refractivity contribution >= 4 is 14.4 Å². The van der Waals surface area contributed by atoms with Gasteiger partial charge in [0.25, 0.3) is 0 Å². The first-order valence-corrected chi connectivity index (χ1v) is 10.5. The molecule has 1 N–H and O–H groups in total. The van der Waals surface area contributed by atoms with E-state index in [2.05, 4.69) is 26.6 Å². The highest BCUT2D eigenvalue weighted by molar-refractivity contribution is 6.76. The van der Waals surface area contributed by atoms with Gasteiger partial charge in [-0.2, -0.15) is 0 Å². The molecule has 0 aliphatic carbocycles. The monoisotopic (exact) mass is 270 g/mol. The lowest BCUT2D eigenvalue weighted by atomic mass is 9.97. The summed E-state index contributed by atoms with van der Waals surface area (Å²) < 4.78 is 6.03. The standard InChI is InChI=1S/C14H26O3Si/c1-11(5-6-15)7-13-8-12(16)9-14(17-13)10-18(2,3)4/h6,9,11,13-14,16H,5,7-8,10H2,1-4H3/t11?,13-,14?/m1/s1. The number of carbonyl (C=O) groups is 1. The van der Waals surface area contributed by atoms with Crippen LogP contribution in [0, 0.1) is 5.92 Å². The molecule has 0 saturated heterocycles. The van der Waals surface area contributed by atoms with Gasteiger partial charge in [0.15, 0.2) is 0 Å². The largest absolute Gasteiger partial charge is 0.512 e. The summed E-state index contributed by atoms with van der Waals surface area (Å²) in [5.74, 6) is 0.777. The van der Waals surface area contributed by atoms with Gasteiger partial charge in [0.2, 0.25) is 0 Å². The van der Waals surface area contributed by atoms with Crippen LogP contribution in [0.25, 0.3) is 0 Å². The minimum Gasteiger partial charge on any atom is -0.512 e. The molecule has 0 aromatic rings. The Bertz CT molecular complexity index is 307. The van der Waals surface area contributed by atoms with Gasteiger partial charge >= 0.3 is 0 Å². The lowest BCUT2D eigenvalue weighted by Crippen LogP contribution is -2.34. The molecule has 0 radical (unpaired) electrons. The van der Waals surface area contributed by atoms with Crippen molar-refractivity contribution in [3.63, 3.8) is 0 Å². The van der Waals surface area contributed by atoms with Crippen LogP contribution in [-0.2, 0) is 9.53 Å². The van der Waals surface area contributed by atoms with Gasteiger partial charge in [-0.25, -0.2) is 0 Å². The summed E-state index contributed by atoms with van der Waals surface area (Å²) in [6.45, 7) is 8.97. The van der Waals surface area contributed by atoms with Crippen LogP contribution in [0.5, 0.6) is 0 Å². The number of hydrogen-bond acceptors (Lipinski definition) is 3. The molecule has 2 unspecified atom stereocenters. The number of carbonyl (C=O) groups excluding carboxylic acids is 1. The number of aliphatic hydroxyl groups excluding tert-OH is 1. The topological polar surface area (TPSA) is 46.5 Å².